The number of nitrogens with zero attached hydrogens (tertiary/aromatic N) is 1. The minimum Gasteiger partial charge on any atom is -0.492 e. The highest BCUT2D eigenvalue weighted by atomic mass is 19.4. The number of hydrogen-bond donors (Lipinski definition) is 0. The average molecular weight is 271 g/mol. The van der Waals surface area contributed by atoms with Gasteiger partial charge in [-0.1, -0.05) is 26.2 Å². The lowest BCUT2D eigenvalue weighted by atomic mass is 10.1. The van der Waals surface area contributed by atoms with Gasteiger partial charge in [0.15, 0.2) is 0 Å². The fourth-order valence-electron chi connectivity index (χ4n) is 1.63. The number of nitriles is 1. The molecular formula is C14H16F3NO. The van der Waals surface area contributed by atoms with Crippen LogP contribution in [0.5, 0.6) is 5.75 Å². The Kier molecular flexibility index (Phi) is 5.68. The van der Waals surface area contributed by atoms with E-state index in [1.807, 2.05) is 0 Å². The number of hydrogen-bond acceptors (Lipinski definition) is 2. The second-order valence-electron chi connectivity index (χ2n) is 4.23. The van der Waals surface area contributed by atoms with E-state index in [4.69, 9.17) is 10.00 Å². The van der Waals surface area contributed by atoms with Gasteiger partial charge in [0.1, 0.15) is 11.8 Å². The van der Waals surface area contributed by atoms with Crippen LogP contribution in [0.3, 0.4) is 0 Å². The van der Waals surface area contributed by atoms with E-state index in [1.165, 1.54) is 6.07 Å². The molecule has 0 heterocycles. The van der Waals surface area contributed by atoms with Gasteiger partial charge in [-0.25, -0.2) is 0 Å². The molecular weight excluding hydrogens is 255 g/mol. The fraction of sp³-hybridized carbons (Fsp3) is 0.500. The third-order valence-electron chi connectivity index (χ3n) is 2.68. The van der Waals surface area contributed by atoms with Crippen molar-refractivity contribution in [1.29, 1.82) is 5.26 Å². The van der Waals surface area contributed by atoms with Crippen LogP contribution < -0.4 is 4.74 Å². The monoisotopic (exact) mass is 271 g/mol. The van der Waals surface area contributed by atoms with Crippen LogP contribution in [0.4, 0.5) is 13.2 Å². The van der Waals surface area contributed by atoms with Crippen molar-refractivity contribution in [2.24, 2.45) is 0 Å². The van der Waals surface area contributed by atoms with Gasteiger partial charge in [-0.05, 0) is 24.6 Å². The molecule has 0 unspecified atom stereocenters. The Labute approximate surface area is 110 Å². The van der Waals surface area contributed by atoms with Gasteiger partial charge >= 0.3 is 6.18 Å². The summed E-state index contributed by atoms with van der Waals surface area (Å²) in [6.45, 7) is 2.50. The Hall–Kier alpha value is -1.70. The minimum absolute atomic E-state index is 0.0784. The summed E-state index contributed by atoms with van der Waals surface area (Å²) in [5, 5.41) is 8.85. The zero-order valence-corrected chi connectivity index (χ0v) is 10.8. The summed E-state index contributed by atoms with van der Waals surface area (Å²) in [4.78, 5) is 0. The van der Waals surface area contributed by atoms with E-state index >= 15 is 0 Å². The van der Waals surface area contributed by atoms with Gasteiger partial charge in [0.05, 0.1) is 17.7 Å². The van der Waals surface area contributed by atoms with Crippen LogP contribution >= 0.6 is 0 Å². The molecule has 0 bridgehead atoms. The molecule has 5 heteroatoms. The summed E-state index contributed by atoms with van der Waals surface area (Å²) < 4.78 is 42.8. The van der Waals surface area contributed by atoms with Gasteiger partial charge in [-0.2, -0.15) is 18.4 Å². The van der Waals surface area contributed by atoms with Crippen molar-refractivity contribution in [3.63, 3.8) is 0 Å². The summed E-state index contributed by atoms with van der Waals surface area (Å²) in [7, 11) is 0. The Morgan fingerprint density at radius 3 is 2.53 bits per heavy atom. The van der Waals surface area contributed by atoms with Crippen molar-refractivity contribution in [3.8, 4) is 11.8 Å². The quantitative estimate of drug-likeness (QED) is 0.712. The van der Waals surface area contributed by atoms with Crippen LogP contribution in [-0.4, -0.2) is 6.61 Å². The summed E-state index contributed by atoms with van der Waals surface area (Å²) in [6.07, 6.45) is -0.394. The molecule has 1 aromatic carbocycles. The van der Waals surface area contributed by atoms with Crippen LogP contribution in [-0.2, 0) is 6.18 Å². The number of halogens is 3. The first-order valence-corrected chi connectivity index (χ1v) is 6.23. The van der Waals surface area contributed by atoms with Crippen LogP contribution in [0.1, 0.15) is 43.7 Å². The van der Waals surface area contributed by atoms with Gasteiger partial charge in [0, 0.05) is 0 Å². The predicted molar refractivity (Wildman–Crippen MR) is 65.8 cm³/mol. The third-order valence-corrected chi connectivity index (χ3v) is 2.68. The summed E-state index contributed by atoms with van der Waals surface area (Å²) >= 11 is 0. The van der Waals surface area contributed by atoms with Crippen LogP contribution in [0.2, 0.25) is 0 Å². The second-order valence-corrected chi connectivity index (χ2v) is 4.23. The van der Waals surface area contributed by atoms with Gasteiger partial charge < -0.3 is 4.74 Å². The zero-order valence-electron chi connectivity index (χ0n) is 10.8. The fourth-order valence-corrected chi connectivity index (χ4v) is 1.63. The summed E-state index contributed by atoms with van der Waals surface area (Å²) in [6, 6.07) is 4.70. The van der Waals surface area contributed by atoms with Gasteiger partial charge in [0.2, 0.25) is 0 Å². The number of unbranched alkanes of at least 4 members (excludes halogenated alkanes) is 3. The van der Waals surface area contributed by atoms with Gasteiger partial charge in [-0.15, -0.1) is 0 Å². The first-order chi connectivity index (χ1) is 8.99. The van der Waals surface area contributed by atoms with Crippen molar-refractivity contribution >= 4 is 0 Å². The van der Waals surface area contributed by atoms with Crippen molar-refractivity contribution in [1.82, 2.24) is 0 Å². The summed E-state index contributed by atoms with van der Waals surface area (Å²) in [5.74, 6) is 0.215. The van der Waals surface area contributed by atoms with Gasteiger partial charge in [0.25, 0.3) is 0 Å². The van der Waals surface area contributed by atoms with Crippen LogP contribution in [0.25, 0.3) is 0 Å². The van der Waals surface area contributed by atoms with E-state index in [0.717, 1.165) is 37.8 Å². The maximum absolute atomic E-state index is 12.5. The highest BCUT2D eigenvalue weighted by molar-refractivity contribution is 5.46. The Bertz CT molecular complexity index is 449. The first-order valence-electron chi connectivity index (χ1n) is 6.23. The maximum atomic E-state index is 12.5. The van der Waals surface area contributed by atoms with E-state index in [1.54, 1.807) is 6.07 Å². The van der Waals surface area contributed by atoms with Crippen molar-refractivity contribution in [2.45, 2.75) is 38.8 Å². The Balaban J connectivity index is 2.67. The molecule has 2 nitrogen and oxygen atoms in total. The second kappa shape index (κ2) is 7.03. The molecule has 1 rings (SSSR count). The predicted octanol–water partition coefficient (Wildman–Crippen LogP) is 4.54. The lowest BCUT2D eigenvalue weighted by Crippen LogP contribution is -2.06. The molecule has 0 atom stereocenters. The van der Waals surface area contributed by atoms with Crippen molar-refractivity contribution in [2.75, 3.05) is 6.61 Å². The lowest BCUT2D eigenvalue weighted by molar-refractivity contribution is -0.137. The summed E-state index contributed by atoms with van der Waals surface area (Å²) in [5.41, 5.74) is -0.910. The number of benzene rings is 1. The zero-order chi connectivity index (χ0) is 14.3. The largest absolute Gasteiger partial charge is 0.492 e. The third kappa shape index (κ3) is 4.82. The minimum atomic E-state index is -4.44. The van der Waals surface area contributed by atoms with Crippen LogP contribution in [0.15, 0.2) is 18.2 Å². The smallest absolute Gasteiger partial charge is 0.416 e. The lowest BCUT2D eigenvalue weighted by Gasteiger charge is -2.11. The number of rotatable bonds is 6. The van der Waals surface area contributed by atoms with E-state index in [9.17, 15) is 13.2 Å². The highest BCUT2D eigenvalue weighted by Crippen LogP contribution is 2.32. The molecule has 0 saturated carbocycles. The molecule has 0 aliphatic rings. The van der Waals surface area contributed by atoms with E-state index in [2.05, 4.69) is 6.92 Å². The molecule has 0 fully saturated rings. The van der Waals surface area contributed by atoms with E-state index < -0.39 is 11.7 Å². The van der Waals surface area contributed by atoms with Crippen molar-refractivity contribution < 1.29 is 17.9 Å². The normalized spacial score (nSPS) is 11.1. The van der Waals surface area contributed by atoms with E-state index in [0.29, 0.717) is 6.61 Å². The topological polar surface area (TPSA) is 33.0 Å². The first kappa shape index (κ1) is 15.4. The van der Waals surface area contributed by atoms with Gasteiger partial charge in [-0.3, -0.25) is 0 Å². The SMILES string of the molecule is CCCCCCOc1ccc(C(F)(F)F)cc1C#N. The maximum Gasteiger partial charge on any atom is 0.416 e. The molecule has 0 aliphatic carbocycles. The Morgan fingerprint density at radius 2 is 1.95 bits per heavy atom. The highest BCUT2D eigenvalue weighted by Gasteiger charge is 2.31. The molecule has 0 saturated heterocycles. The molecule has 0 radical (unpaired) electrons. The molecule has 0 aromatic heterocycles. The molecule has 0 N–H and O–H groups in total. The van der Waals surface area contributed by atoms with Crippen molar-refractivity contribution in [3.05, 3.63) is 29.3 Å². The molecule has 1 aromatic rings. The van der Waals surface area contributed by atoms with Crippen LogP contribution in [0, 0.1) is 11.3 Å². The Morgan fingerprint density at radius 1 is 1.21 bits per heavy atom. The average Bonchev–Trinajstić information content (AvgIpc) is 2.37. The standard InChI is InChI=1S/C14H16F3NO/c1-2-3-4-5-8-19-13-7-6-12(14(15,16)17)9-11(13)10-18/h6-7,9H,2-5,8H2,1H3. The molecule has 104 valence electrons. The molecule has 0 spiro atoms. The number of ether oxygens (including phenoxy) is 1. The molecule has 0 amide bonds. The van der Waals surface area contributed by atoms with E-state index in [-0.39, 0.29) is 11.3 Å². The molecule has 0 aliphatic heterocycles. The number of alkyl halides is 3. The molecule has 19 heavy (non-hydrogen) atoms.